The molecule has 0 amide bonds. The van der Waals surface area contributed by atoms with E-state index in [1.165, 1.54) is 62.7 Å². The molecule has 0 spiro atoms. The van der Waals surface area contributed by atoms with Crippen LogP contribution in [0.15, 0.2) is 180 Å². The van der Waals surface area contributed by atoms with E-state index in [1.54, 1.807) is 6.07 Å². The molecule has 2 unspecified atom stereocenters. The number of aliphatic imine (C=N–C) groups is 2. The molecule has 2 atom stereocenters. The minimum absolute atomic E-state index is 0. The Morgan fingerprint density at radius 1 is 0.527 bits per heavy atom. The Morgan fingerprint density at radius 3 is 1.07 bits per heavy atom. The van der Waals surface area contributed by atoms with Crippen LogP contribution in [0.3, 0.4) is 0 Å². The summed E-state index contributed by atoms with van der Waals surface area (Å²) in [4.78, 5) is 18.4. The van der Waals surface area contributed by atoms with Crippen molar-refractivity contribution in [1.82, 2.24) is 0 Å². The van der Waals surface area contributed by atoms with E-state index in [-0.39, 0.29) is 36.6 Å². The van der Waals surface area contributed by atoms with E-state index >= 15 is 0 Å². The van der Waals surface area contributed by atoms with Gasteiger partial charge < -0.3 is 4.79 Å². The van der Waals surface area contributed by atoms with Gasteiger partial charge in [0.2, 0.25) is 0 Å². The van der Waals surface area contributed by atoms with Gasteiger partial charge in [0, 0.05) is 47.5 Å². The third-order valence-corrected chi connectivity index (χ3v) is 14.8. The minimum atomic E-state index is -1.19. The summed E-state index contributed by atoms with van der Waals surface area (Å²) in [6.45, 7) is 4.68. The van der Waals surface area contributed by atoms with Crippen molar-refractivity contribution < 1.29 is 21.9 Å². The average Bonchev–Trinajstić information content (AvgIpc) is 3.23. The van der Waals surface area contributed by atoms with E-state index in [2.05, 4.69) is 189 Å². The Labute approximate surface area is 341 Å². The molecule has 0 heterocycles. The second-order valence-electron chi connectivity index (χ2n) is 12.6. The molecule has 280 valence electrons. The number of hydrogen-bond acceptors (Lipinski definition) is 4. The Bertz CT molecular complexity index is 1850. The van der Waals surface area contributed by atoms with Gasteiger partial charge in [-0.05, 0) is 85.6 Å². The van der Waals surface area contributed by atoms with Crippen molar-refractivity contribution in [3.63, 3.8) is 0 Å². The topological polar surface area (TPSA) is 65.6 Å². The monoisotopic (exact) mass is 802 g/mol. The SMILES string of the molecule is C.C(=NC1CCCCC1N=Cc1ccccc1[PH+](c1ccccc1)c1ccccc1)c1ccccc1[PH+](c1ccccc1)c1ccccc1.CC#N.[CH-]=O.[Fe]. The van der Waals surface area contributed by atoms with Crippen molar-refractivity contribution in [3.05, 3.63) is 181 Å². The van der Waals surface area contributed by atoms with E-state index in [4.69, 9.17) is 20.0 Å². The molecular formula is C48H50FeN3OP2+. The first-order chi connectivity index (χ1) is 26.3. The molecule has 7 rings (SSSR count). The second kappa shape index (κ2) is 24.6. The van der Waals surface area contributed by atoms with Crippen molar-refractivity contribution in [2.75, 3.05) is 0 Å². The summed E-state index contributed by atoms with van der Waals surface area (Å²) in [5, 5.41) is 15.6. The fraction of sp³-hybridized carbons (Fsp3) is 0.167. The Balaban J connectivity index is 0.00000111. The van der Waals surface area contributed by atoms with Gasteiger partial charge in [-0.15, -0.1) is 0 Å². The average molecular weight is 803 g/mol. The van der Waals surface area contributed by atoms with Crippen molar-refractivity contribution >= 4 is 66.9 Å². The van der Waals surface area contributed by atoms with Gasteiger partial charge in [-0.1, -0.05) is 117 Å². The maximum atomic E-state index is 7.75. The third kappa shape index (κ3) is 12.4. The first-order valence-corrected chi connectivity index (χ1v) is 21.0. The molecule has 0 aromatic heterocycles. The molecule has 6 aromatic carbocycles. The Morgan fingerprint density at radius 2 is 0.782 bits per heavy atom. The summed E-state index contributed by atoms with van der Waals surface area (Å²) < 4.78 is 0. The second-order valence-corrected chi connectivity index (χ2v) is 17.5. The number of rotatable bonds is 10. The number of carbonyl (C=O) groups excluding carboxylic acids is 1. The zero-order chi connectivity index (χ0) is 37.1. The molecule has 0 radical (unpaired) electrons. The van der Waals surface area contributed by atoms with Crippen LogP contribution in [0.5, 0.6) is 0 Å². The molecule has 1 fully saturated rings. The molecular weight excluding hydrogens is 752 g/mol. The van der Waals surface area contributed by atoms with Crippen LogP contribution in [-0.4, -0.2) is 31.3 Å². The van der Waals surface area contributed by atoms with Crippen LogP contribution in [-0.2, 0) is 21.9 Å². The van der Waals surface area contributed by atoms with Gasteiger partial charge in [0.1, 0.15) is 31.8 Å². The molecule has 7 heteroatoms. The summed E-state index contributed by atoms with van der Waals surface area (Å²) in [7, 11) is -2.39. The summed E-state index contributed by atoms with van der Waals surface area (Å²) in [5.74, 6) is 0. The van der Waals surface area contributed by atoms with Crippen LogP contribution in [0.2, 0.25) is 0 Å². The quantitative estimate of drug-likeness (QED) is 0.0460. The number of nitriles is 1. The molecule has 1 aliphatic rings. The van der Waals surface area contributed by atoms with Gasteiger partial charge in [0.15, 0.2) is 0 Å². The predicted octanol–water partition coefficient (Wildman–Crippen LogP) is 8.41. The first-order valence-electron chi connectivity index (χ1n) is 18.0. The van der Waals surface area contributed by atoms with E-state index < -0.39 is 15.8 Å². The Hall–Kier alpha value is -4.80. The van der Waals surface area contributed by atoms with E-state index in [9.17, 15) is 0 Å². The van der Waals surface area contributed by atoms with Crippen molar-refractivity contribution in [2.45, 2.75) is 52.1 Å². The third-order valence-electron chi connectivity index (χ3n) is 9.21. The van der Waals surface area contributed by atoms with Crippen LogP contribution in [0.1, 0.15) is 51.2 Å². The number of nitrogens with zero attached hydrogens (tertiary/aromatic N) is 3. The van der Waals surface area contributed by atoms with E-state index in [0.29, 0.717) is 0 Å². The molecule has 0 bridgehead atoms. The molecule has 1 saturated carbocycles. The normalized spacial score (nSPS) is 14.7. The molecule has 55 heavy (non-hydrogen) atoms. The van der Waals surface area contributed by atoms with Crippen LogP contribution < -0.4 is 31.8 Å². The molecule has 1 aliphatic carbocycles. The standard InChI is InChI=1S/C44H40N2P2.C2H3N.CHO.CH4.Fe/c1-5-21-37(22-6-1)47(38-23-7-2-8-24-38)43-31-17-13-19-35(43)33-45-41-29-15-16-30-42(41)46-34-36-20-14-18-32-44(36)48(39-25-9-3-10-26-39)40-27-11-4-12-28-40;1-2-3;1-2;;/h1-14,17-28,31-34,41-42H,15-16,29-30H2;1H3;1H;1H4;/q;;-1;;/p+2. The van der Waals surface area contributed by atoms with Crippen LogP contribution in [0, 0.1) is 11.3 Å². The molecule has 0 saturated heterocycles. The van der Waals surface area contributed by atoms with E-state index in [0.717, 1.165) is 12.8 Å². The fourth-order valence-electron chi connectivity index (χ4n) is 6.84. The van der Waals surface area contributed by atoms with Crippen LogP contribution in [0.4, 0.5) is 0 Å². The summed E-state index contributed by atoms with van der Waals surface area (Å²) >= 11 is 0. The maximum Gasteiger partial charge on any atom is 0.111 e. The minimum Gasteiger partial charge on any atom is -0.545 e. The van der Waals surface area contributed by atoms with Crippen LogP contribution >= 0.6 is 15.8 Å². The fourth-order valence-corrected chi connectivity index (χ4v) is 12.3. The molecule has 6 aromatic rings. The zero-order valence-corrected chi connectivity index (χ0v) is 33.6. The van der Waals surface area contributed by atoms with Gasteiger partial charge in [0.25, 0.3) is 0 Å². The first kappa shape index (κ1) is 44.6. The summed E-state index contributed by atoms with van der Waals surface area (Å²) in [6, 6.07) is 63.8. The largest absolute Gasteiger partial charge is 0.545 e. The van der Waals surface area contributed by atoms with Crippen molar-refractivity contribution in [2.24, 2.45) is 9.98 Å². The number of benzene rings is 6. The van der Waals surface area contributed by atoms with Gasteiger partial charge in [-0.2, -0.15) is 5.26 Å². The van der Waals surface area contributed by atoms with Gasteiger partial charge in [-0.3, -0.25) is 16.8 Å². The summed E-state index contributed by atoms with van der Waals surface area (Å²) in [5.41, 5.74) is 2.44. The smallest absolute Gasteiger partial charge is 0.111 e. The van der Waals surface area contributed by atoms with E-state index in [1.807, 2.05) is 0 Å². The molecule has 4 nitrogen and oxygen atoms in total. The van der Waals surface area contributed by atoms with Gasteiger partial charge in [0.05, 0.1) is 34.0 Å². The van der Waals surface area contributed by atoms with Crippen molar-refractivity contribution in [3.8, 4) is 6.07 Å². The van der Waals surface area contributed by atoms with Crippen molar-refractivity contribution in [1.29, 1.82) is 5.26 Å². The number of hydrogen-bond donors (Lipinski definition) is 0. The predicted molar refractivity (Wildman–Crippen MR) is 239 cm³/mol. The molecule has 0 N–H and O–H groups in total. The zero-order valence-electron chi connectivity index (χ0n) is 30.5. The van der Waals surface area contributed by atoms with Gasteiger partial charge in [-0.25, -0.2) is 0 Å². The summed E-state index contributed by atoms with van der Waals surface area (Å²) in [6.07, 6.45) is 8.85. The van der Waals surface area contributed by atoms with Gasteiger partial charge >= 0.3 is 0 Å². The van der Waals surface area contributed by atoms with Crippen LogP contribution in [0.25, 0.3) is 0 Å². The molecule has 0 aliphatic heterocycles. The maximum absolute atomic E-state index is 7.75. The Kier molecular flexibility index (Phi) is 19.9.